The van der Waals surface area contributed by atoms with Crippen molar-refractivity contribution >= 4 is 11.9 Å². The molecule has 98 valence electrons. The summed E-state index contributed by atoms with van der Waals surface area (Å²) in [5.74, 6) is -0.735. The molecular formula is C12H16N2O4. The molecule has 0 saturated carbocycles. The van der Waals surface area contributed by atoms with E-state index >= 15 is 0 Å². The van der Waals surface area contributed by atoms with Gasteiger partial charge in [-0.25, -0.2) is 14.6 Å². The quantitative estimate of drug-likeness (QED) is 0.817. The maximum Gasteiger partial charge on any atom is 0.356 e. The minimum absolute atomic E-state index is 0.0699. The number of imidazole rings is 1. The van der Waals surface area contributed by atoms with Gasteiger partial charge in [-0.2, -0.15) is 0 Å². The molecule has 0 fully saturated rings. The summed E-state index contributed by atoms with van der Waals surface area (Å²) in [7, 11) is 1.34. The van der Waals surface area contributed by atoms with E-state index in [0.29, 0.717) is 30.8 Å². The number of carbonyl (C=O) groups excluding carboxylic acids is 1. The number of carboxylic acids is 1. The molecule has 1 aromatic heterocycles. The highest BCUT2D eigenvalue weighted by molar-refractivity contribution is 5.87. The SMILES string of the molecule is CCc1nc(C(=O)O)c2n1C(C(=O)OC)CCC2. The standard InChI is InChI=1S/C12H16N2O4/c1-3-9-13-10(11(15)16)7-5-4-6-8(14(7)9)12(17)18-2/h8H,3-6H2,1-2H3,(H,15,16). The normalized spacial score (nSPS) is 18.2. The Kier molecular flexibility index (Phi) is 3.36. The van der Waals surface area contributed by atoms with Gasteiger partial charge in [-0.15, -0.1) is 0 Å². The van der Waals surface area contributed by atoms with E-state index < -0.39 is 12.0 Å². The first kappa shape index (κ1) is 12.6. The Morgan fingerprint density at radius 1 is 1.56 bits per heavy atom. The molecule has 0 amide bonds. The summed E-state index contributed by atoms with van der Waals surface area (Å²) in [5.41, 5.74) is 0.710. The Bertz CT molecular complexity index is 493. The number of ether oxygens (including phenoxy) is 1. The first-order chi connectivity index (χ1) is 8.60. The molecule has 0 spiro atoms. The van der Waals surface area contributed by atoms with Crippen LogP contribution in [0.4, 0.5) is 0 Å². The smallest absolute Gasteiger partial charge is 0.356 e. The summed E-state index contributed by atoms with van der Waals surface area (Å²) in [4.78, 5) is 27.0. The molecule has 0 saturated heterocycles. The van der Waals surface area contributed by atoms with Gasteiger partial charge in [0.05, 0.1) is 12.8 Å². The lowest BCUT2D eigenvalue weighted by atomic mass is 10.0. The minimum Gasteiger partial charge on any atom is -0.476 e. The third-order valence-corrected chi connectivity index (χ3v) is 3.28. The average Bonchev–Trinajstić information content (AvgIpc) is 2.76. The van der Waals surface area contributed by atoms with Crippen LogP contribution < -0.4 is 0 Å². The van der Waals surface area contributed by atoms with Gasteiger partial charge in [0.2, 0.25) is 0 Å². The zero-order valence-corrected chi connectivity index (χ0v) is 10.5. The summed E-state index contributed by atoms with van der Waals surface area (Å²) in [6, 6.07) is -0.436. The first-order valence-electron chi connectivity index (χ1n) is 6.01. The van der Waals surface area contributed by atoms with E-state index in [-0.39, 0.29) is 11.7 Å². The van der Waals surface area contributed by atoms with Crippen LogP contribution in [0.2, 0.25) is 0 Å². The maximum absolute atomic E-state index is 11.8. The van der Waals surface area contributed by atoms with Crippen LogP contribution in [-0.4, -0.2) is 33.7 Å². The summed E-state index contributed by atoms with van der Waals surface area (Å²) in [6.07, 6.45) is 2.67. The molecule has 1 unspecified atom stereocenters. The molecule has 6 heteroatoms. The van der Waals surface area contributed by atoms with E-state index in [1.54, 1.807) is 4.57 Å². The van der Waals surface area contributed by atoms with E-state index in [9.17, 15) is 9.59 Å². The third-order valence-electron chi connectivity index (χ3n) is 3.28. The fraction of sp³-hybridized carbons (Fsp3) is 0.583. The van der Waals surface area contributed by atoms with Crippen LogP contribution in [0, 0.1) is 0 Å². The largest absolute Gasteiger partial charge is 0.476 e. The van der Waals surface area contributed by atoms with Gasteiger partial charge in [0, 0.05) is 6.42 Å². The molecule has 2 rings (SSSR count). The number of hydrogen-bond acceptors (Lipinski definition) is 4. The fourth-order valence-corrected chi connectivity index (χ4v) is 2.50. The molecule has 1 aromatic rings. The molecule has 1 N–H and O–H groups in total. The molecule has 0 aliphatic carbocycles. The number of methoxy groups -OCH3 is 1. The van der Waals surface area contributed by atoms with Crippen molar-refractivity contribution < 1.29 is 19.4 Å². The van der Waals surface area contributed by atoms with Gasteiger partial charge in [0.1, 0.15) is 11.9 Å². The Labute approximate surface area is 105 Å². The molecular weight excluding hydrogens is 236 g/mol. The lowest BCUT2D eigenvalue weighted by Crippen LogP contribution is -2.28. The Morgan fingerprint density at radius 2 is 2.28 bits per heavy atom. The Morgan fingerprint density at radius 3 is 2.83 bits per heavy atom. The average molecular weight is 252 g/mol. The number of aromatic nitrogens is 2. The third kappa shape index (κ3) is 1.87. The van der Waals surface area contributed by atoms with Crippen molar-refractivity contribution in [2.75, 3.05) is 7.11 Å². The van der Waals surface area contributed by atoms with Crippen LogP contribution >= 0.6 is 0 Å². The number of carboxylic acid groups (broad SMARTS) is 1. The van der Waals surface area contributed by atoms with Crippen molar-refractivity contribution in [2.24, 2.45) is 0 Å². The van der Waals surface area contributed by atoms with E-state index in [4.69, 9.17) is 9.84 Å². The van der Waals surface area contributed by atoms with Crippen molar-refractivity contribution in [3.63, 3.8) is 0 Å². The van der Waals surface area contributed by atoms with Crippen molar-refractivity contribution in [2.45, 2.75) is 38.6 Å². The lowest BCUT2D eigenvalue weighted by Gasteiger charge is -2.25. The summed E-state index contributed by atoms with van der Waals surface area (Å²) in [5, 5.41) is 9.14. The van der Waals surface area contributed by atoms with Gasteiger partial charge in [-0.1, -0.05) is 6.92 Å². The summed E-state index contributed by atoms with van der Waals surface area (Å²) in [6.45, 7) is 1.89. The second-order valence-electron chi connectivity index (χ2n) is 4.28. The number of esters is 1. The highest BCUT2D eigenvalue weighted by Crippen LogP contribution is 2.30. The summed E-state index contributed by atoms with van der Waals surface area (Å²) < 4.78 is 6.53. The molecule has 0 aromatic carbocycles. The molecule has 6 nitrogen and oxygen atoms in total. The van der Waals surface area contributed by atoms with Gasteiger partial charge >= 0.3 is 11.9 Å². The number of hydrogen-bond donors (Lipinski definition) is 1. The number of aromatic carboxylic acids is 1. The molecule has 0 bridgehead atoms. The number of aryl methyl sites for hydroxylation is 1. The number of rotatable bonds is 3. The molecule has 1 aliphatic rings. The van der Waals surface area contributed by atoms with E-state index in [0.717, 1.165) is 6.42 Å². The summed E-state index contributed by atoms with van der Waals surface area (Å²) >= 11 is 0. The molecule has 18 heavy (non-hydrogen) atoms. The highest BCUT2D eigenvalue weighted by atomic mass is 16.5. The minimum atomic E-state index is -1.04. The first-order valence-corrected chi connectivity index (χ1v) is 6.01. The second kappa shape index (κ2) is 4.80. The van der Waals surface area contributed by atoms with Gasteiger partial charge in [-0.3, -0.25) is 0 Å². The maximum atomic E-state index is 11.8. The Hall–Kier alpha value is -1.85. The van der Waals surface area contributed by atoms with Crippen LogP contribution in [0.25, 0.3) is 0 Å². The monoisotopic (exact) mass is 252 g/mol. The van der Waals surface area contributed by atoms with Crippen molar-refractivity contribution in [1.82, 2.24) is 9.55 Å². The predicted octanol–water partition coefficient (Wildman–Crippen LogP) is 1.19. The number of nitrogens with zero attached hydrogens (tertiary/aromatic N) is 2. The molecule has 2 heterocycles. The van der Waals surface area contributed by atoms with Crippen LogP contribution in [0.5, 0.6) is 0 Å². The van der Waals surface area contributed by atoms with Gasteiger partial charge < -0.3 is 14.4 Å². The zero-order valence-electron chi connectivity index (χ0n) is 10.5. The number of fused-ring (bicyclic) bond motifs is 1. The van der Waals surface area contributed by atoms with Gasteiger partial charge in [0.25, 0.3) is 0 Å². The van der Waals surface area contributed by atoms with Crippen LogP contribution in [0.3, 0.4) is 0 Å². The van der Waals surface area contributed by atoms with E-state index in [2.05, 4.69) is 4.98 Å². The van der Waals surface area contributed by atoms with Crippen molar-refractivity contribution in [1.29, 1.82) is 0 Å². The number of carbonyl (C=O) groups is 2. The fourth-order valence-electron chi connectivity index (χ4n) is 2.50. The van der Waals surface area contributed by atoms with E-state index in [1.165, 1.54) is 7.11 Å². The van der Waals surface area contributed by atoms with Gasteiger partial charge in [0.15, 0.2) is 5.69 Å². The second-order valence-corrected chi connectivity index (χ2v) is 4.28. The van der Waals surface area contributed by atoms with E-state index in [1.807, 2.05) is 6.92 Å². The van der Waals surface area contributed by atoms with Crippen LogP contribution in [0.1, 0.15) is 47.8 Å². The van der Waals surface area contributed by atoms with Crippen molar-refractivity contribution in [3.05, 3.63) is 17.2 Å². The predicted molar refractivity (Wildman–Crippen MR) is 62.6 cm³/mol. The highest BCUT2D eigenvalue weighted by Gasteiger charge is 2.33. The molecule has 1 aliphatic heterocycles. The lowest BCUT2D eigenvalue weighted by molar-refractivity contribution is -0.145. The van der Waals surface area contributed by atoms with Crippen LogP contribution in [-0.2, 0) is 22.4 Å². The van der Waals surface area contributed by atoms with Crippen LogP contribution in [0.15, 0.2) is 0 Å². The van der Waals surface area contributed by atoms with Gasteiger partial charge in [-0.05, 0) is 19.3 Å². The molecule has 0 radical (unpaired) electrons. The Balaban J connectivity index is 2.55. The molecule has 1 atom stereocenters. The van der Waals surface area contributed by atoms with Crippen molar-refractivity contribution in [3.8, 4) is 0 Å². The zero-order chi connectivity index (χ0) is 13.3. The topological polar surface area (TPSA) is 81.4 Å².